The Hall–Kier alpha value is -1.18. The van der Waals surface area contributed by atoms with E-state index < -0.39 is 0 Å². The van der Waals surface area contributed by atoms with Crippen molar-refractivity contribution in [2.45, 2.75) is 20.5 Å². The summed E-state index contributed by atoms with van der Waals surface area (Å²) in [6.45, 7) is 4.54. The summed E-state index contributed by atoms with van der Waals surface area (Å²) in [4.78, 5) is 0. The van der Waals surface area contributed by atoms with Gasteiger partial charge in [-0.05, 0) is 49.2 Å². The van der Waals surface area contributed by atoms with Gasteiger partial charge in [-0.25, -0.2) is 0 Å². The number of hydrogen-bond donors (Lipinski definition) is 0. The van der Waals surface area contributed by atoms with Crippen molar-refractivity contribution in [2.75, 3.05) is 0 Å². The standard InChI is InChI=1S/C15H14Cl2O/c1-10-5-11(2)7-14(6-10)18-9-12-3-4-13(16)8-15(12)17/h3-8H,9H2,1-2H3. The minimum atomic E-state index is 0.443. The molecule has 2 aromatic carbocycles. The van der Waals surface area contributed by atoms with Gasteiger partial charge in [-0.3, -0.25) is 0 Å². The molecule has 0 aliphatic rings. The first-order chi connectivity index (χ1) is 8.54. The van der Waals surface area contributed by atoms with Crippen LogP contribution in [0.5, 0.6) is 5.75 Å². The molecule has 0 aliphatic carbocycles. The Morgan fingerprint density at radius 1 is 0.944 bits per heavy atom. The Kier molecular flexibility index (Phi) is 4.15. The van der Waals surface area contributed by atoms with Crippen molar-refractivity contribution < 1.29 is 4.74 Å². The maximum atomic E-state index is 6.09. The van der Waals surface area contributed by atoms with Crippen molar-refractivity contribution in [1.29, 1.82) is 0 Å². The van der Waals surface area contributed by atoms with E-state index in [1.165, 1.54) is 11.1 Å². The minimum absolute atomic E-state index is 0.443. The highest BCUT2D eigenvalue weighted by atomic mass is 35.5. The van der Waals surface area contributed by atoms with Crippen LogP contribution in [0.4, 0.5) is 0 Å². The van der Waals surface area contributed by atoms with Crippen LogP contribution >= 0.6 is 23.2 Å². The fourth-order valence-electron chi connectivity index (χ4n) is 1.82. The van der Waals surface area contributed by atoms with E-state index in [2.05, 4.69) is 19.9 Å². The molecule has 94 valence electrons. The van der Waals surface area contributed by atoms with Gasteiger partial charge in [-0.1, -0.05) is 35.3 Å². The van der Waals surface area contributed by atoms with Crippen LogP contribution in [0.3, 0.4) is 0 Å². The Balaban J connectivity index is 2.11. The summed E-state index contributed by atoms with van der Waals surface area (Å²) < 4.78 is 5.75. The predicted molar refractivity (Wildman–Crippen MR) is 76.7 cm³/mol. The summed E-state index contributed by atoms with van der Waals surface area (Å²) in [6, 6.07) is 11.6. The Labute approximate surface area is 117 Å². The lowest BCUT2D eigenvalue weighted by Gasteiger charge is -2.09. The number of halogens is 2. The fraction of sp³-hybridized carbons (Fsp3) is 0.200. The number of rotatable bonds is 3. The number of ether oxygens (including phenoxy) is 1. The molecule has 0 bridgehead atoms. The summed E-state index contributed by atoms with van der Waals surface area (Å²) in [5, 5.41) is 1.27. The third kappa shape index (κ3) is 3.41. The Morgan fingerprint density at radius 2 is 1.61 bits per heavy atom. The molecular formula is C15H14Cl2O. The quantitative estimate of drug-likeness (QED) is 0.752. The second-order valence-electron chi connectivity index (χ2n) is 4.35. The van der Waals surface area contributed by atoms with Crippen molar-refractivity contribution in [1.82, 2.24) is 0 Å². The van der Waals surface area contributed by atoms with Gasteiger partial charge >= 0.3 is 0 Å². The van der Waals surface area contributed by atoms with Crippen molar-refractivity contribution in [3.8, 4) is 5.75 Å². The van der Waals surface area contributed by atoms with Gasteiger partial charge < -0.3 is 4.74 Å². The van der Waals surface area contributed by atoms with E-state index >= 15 is 0 Å². The van der Waals surface area contributed by atoms with Crippen LogP contribution in [0, 0.1) is 13.8 Å². The zero-order valence-electron chi connectivity index (χ0n) is 10.3. The second kappa shape index (κ2) is 5.64. The summed E-state index contributed by atoms with van der Waals surface area (Å²) in [6.07, 6.45) is 0. The normalized spacial score (nSPS) is 10.4. The van der Waals surface area contributed by atoms with Crippen LogP contribution in [0.2, 0.25) is 10.0 Å². The number of benzene rings is 2. The molecule has 0 saturated carbocycles. The molecule has 18 heavy (non-hydrogen) atoms. The molecule has 0 saturated heterocycles. The highest BCUT2D eigenvalue weighted by Gasteiger charge is 2.03. The lowest BCUT2D eigenvalue weighted by atomic mass is 10.1. The van der Waals surface area contributed by atoms with E-state index in [4.69, 9.17) is 27.9 Å². The van der Waals surface area contributed by atoms with Crippen LogP contribution < -0.4 is 4.74 Å². The van der Waals surface area contributed by atoms with Crippen molar-refractivity contribution in [3.05, 3.63) is 63.1 Å². The third-order valence-electron chi connectivity index (χ3n) is 2.60. The van der Waals surface area contributed by atoms with Gasteiger partial charge in [0, 0.05) is 15.6 Å². The Bertz CT molecular complexity index is 544. The van der Waals surface area contributed by atoms with Crippen LogP contribution in [0.25, 0.3) is 0 Å². The molecule has 0 atom stereocenters. The van der Waals surface area contributed by atoms with Crippen LogP contribution in [-0.4, -0.2) is 0 Å². The highest BCUT2D eigenvalue weighted by Crippen LogP contribution is 2.23. The maximum absolute atomic E-state index is 6.09. The fourth-order valence-corrected chi connectivity index (χ4v) is 2.28. The van der Waals surface area contributed by atoms with Gasteiger partial charge in [0.1, 0.15) is 12.4 Å². The highest BCUT2D eigenvalue weighted by molar-refractivity contribution is 6.35. The van der Waals surface area contributed by atoms with Crippen molar-refractivity contribution in [2.24, 2.45) is 0 Å². The molecule has 0 aromatic heterocycles. The molecule has 0 amide bonds. The van der Waals surface area contributed by atoms with Gasteiger partial charge in [0.15, 0.2) is 0 Å². The average Bonchev–Trinajstić information content (AvgIpc) is 2.26. The third-order valence-corrected chi connectivity index (χ3v) is 3.19. The first kappa shape index (κ1) is 13.3. The first-order valence-corrected chi connectivity index (χ1v) is 6.45. The molecule has 0 heterocycles. The summed E-state index contributed by atoms with van der Waals surface area (Å²) in [5.41, 5.74) is 3.31. The largest absolute Gasteiger partial charge is 0.489 e. The van der Waals surface area contributed by atoms with Gasteiger partial charge in [0.25, 0.3) is 0 Å². The van der Waals surface area contributed by atoms with Gasteiger partial charge in [-0.2, -0.15) is 0 Å². The van der Waals surface area contributed by atoms with Crippen molar-refractivity contribution >= 4 is 23.2 Å². The molecular weight excluding hydrogens is 267 g/mol. The smallest absolute Gasteiger partial charge is 0.120 e. The topological polar surface area (TPSA) is 9.23 Å². The average molecular weight is 281 g/mol. The predicted octanol–water partition coefficient (Wildman–Crippen LogP) is 5.19. The molecule has 0 radical (unpaired) electrons. The molecule has 0 unspecified atom stereocenters. The van der Waals surface area contributed by atoms with Gasteiger partial charge in [0.2, 0.25) is 0 Å². The molecule has 0 spiro atoms. The molecule has 2 aromatic rings. The molecule has 1 nitrogen and oxygen atoms in total. The van der Waals surface area contributed by atoms with E-state index in [-0.39, 0.29) is 0 Å². The maximum Gasteiger partial charge on any atom is 0.120 e. The molecule has 0 N–H and O–H groups in total. The van der Waals surface area contributed by atoms with E-state index in [0.29, 0.717) is 16.7 Å². The zero-order chi connectivity index (χ0) is 13.1. The number of hydrogen-bond acceptors (Lipinski definition) is 1. The van der Waals surface area contributed by atoms with Crippen LogP contribution in [0.1, 0.15) is 16.7 Å². The van der Waals surface area contributed by atoms with E-state index in [1.54, 1.807) is 6.07 Å². The first-order valence-electron chi connectivity index (χ1n) is 5.69. The Morgan fingerprint density at radius 3 is 2.22 bits per heavy atom. The van der Waals surface area contributed by atoms with E-state index in [9.17, 15) is 0 Å². The van der Waals surface area contributed by atoms with Gasteiger partial charge in [-0.15, -0.1) is 0 Å². The lowest BCUT2D eigenvalue weighted by Crippen LogP contribution is -1.97. The van der Waals surface area contributed by atoms with E-state index in [0.717, 1.165) is 11.3 Å². The second-order valence-corrected chi connectivity index (χ2v) is 5.19. The summed E-state index contributed by atoms with van der Waals surface area (Å²) >= 11 is 11.9. The molecule has 0 fully saturated rings. The summed E-state index contributed by atoms with van der Waals surface area (Å²) in [7, 11) is 0. The van der Waals surface area contributed by atoms with Gasteiger partial charge in [0.05, 0.1) is 0 Å². The monoisotopic (exact) mass is 280 g/mol. The summed E-state index contributed by atoms with van der Waals surface area (Å²) in [5.74, 6) is 0.860. The SMILES string of the molecule is Cc1cc(C)cc(OCc2ccc(Cl)cc2Cl)c1. The number of aryl methyl sites for hydroxylation is 2. The molecule has 3 heteroatoms. The zero-order valence-corrected chi connectivity index (χ0v) is 11.8. The van der Waals surface area contributed by atoms with Crippen LogP contribution in [0.15, 0.2) is 36.4 Å². The lowest BCUT2D eigenvalue weighted by molar-refractivity contribution is 0.306. The molecule has 0 aliphatic heterocycles. The van der Waals surface area contributed by atoms with E-state index in [1.807, 2.05) is 24.3 Å². The van der Waals surface area contributed by atoms with Crippen molar-refractivity contribution in [3.63, 3.8) is 0 Å². The molecule has 2 rings (SSSR count). The minimum Gasteiger partial charge on any atom is -0.489 e. The van der Waals surface area contributed by atoms with Crippen LogP contribution in [-0.2, 0) is 6.61 Å².